The van der Waals surface area contributed by atoms with Crippen LogP contribution in [0.25, 0.3) is 0 Å². The van der Waals surface area contributed by atoms with Crippen molar-refractivity contribution in [1.82, 2.24) is 0 Å². The maximum Gasteiger partial charge on any atom is 0.0613 e. The van der Waals surface area contributed by atoms with E-state index in [-0.39, 0.29) is 5.37 Å². The first-order chi connectivity index (χ1) is 4.83. The first kappa shape index (κ1) is 8.11. The van der Waals surface area contributed by atoms with Gasteiger partial charge in [0, 0.05) is 0 Å². The highest BCUT2D eigenvalue weighted by Gasteiger charge is 2.01. The molecule has 0 spiro atoms. The maximum absolute atomic E-state index is 5.68. The second kappa shape index (κ2) is 4.01. The quantitative estimate of drug-likeness (QED) is 0.559. The molecule has 1 heterocycles. The Bertz CT molecular complexity index is 172. The number of thiophene rings is 1. The van der Waals surface area contributed by atoms with Gasteiger partial charge in [0.15, 0.2) is 0 Å². The molecule has 0 aliphatic heterocycles. The van der Waals surface area contributed by atoms with Crippen LogP contribution in [0.3, 0.4) is 0 Å². The number of rotatable bonds is 3. The van der Waals surface area contributed by atoms with Gasteiger partial charge in [-0.2, -0.15) is 0 Å². The molecule has 55 valence electrons. The highest BCUT2D eigenvalue weighted by Crippen LogP contribution is 2.26. The fourth-order valence-corrected chi connectivity index (χ4v) is 2.26. The Balaban J connectivity index is 2.40. The molecule has 0 saturated carbocycles. The molecule has 0 fully saturated rings. The van der Waals surface area contributed by atoms with Crippen molar-refractivity contribution >= 4 is 23.1 Å². The molecule has 1 rings (SSSR count). The second-order valence-corrected chi connectivity index (χ2v) is 4.27. The third kappa shape index (κ3) is 2.33. The van der Waals surface area contributed by atoms with Gasteiger partial charge in [-0.25, -0.2) is 0 Å². The van der Waals surface area contributed by atoms with Crippen molar-refractivity contribution < 1.29 is 0 Å². The standard InChI is InChI=1S/C7H10NS2/c1-2-6(8)10-7-4-3-5-9-7/h2-6H,8H2,1H3. The highest BCUT2D eigenvalue weighted by molar-refractivity contribution is 8.01. The van der Waals surface area contributed by atoms with Crippen LogP contribution in [-0.2, 0) is 0 Å². The van der Waals surface area contributed by atoms with Crippen LogP contribution in [0.2, 0.25) is 0 Å². The molecule has 0 aromatic carbocycles. The van der Waals surface area contributed by atoms with Gasteiger partial charge in [0.05, 0.1) is 9.58 Å². The molecule has 0 saturated heterocycles. The van der Waals surface area contributed by atoms with Crippen LogP contribution in [0.1, 0.15) is 6.92 Å². The van der Waals surface area contributed by atoms with Crippen molar-refractivity contribution in [3.8, 4) is 0 Å². The number of hydrogen-bond donors (Lipinski definition) is 1. The molecule has 0 amide bonds. The van der Waals surface area contributed by atoms with Crippen LogP contribution >= 0.6 is 23.1 Å². The number of thioether (sulfide) groups is 1. The van der Waals surface area contributed by atoms with E-state index in [9.17, 15) is 0 Å². The summed E-state index contributed by atoms with van der Waals surface area (Å²) in [5.74, 6) is 0. The summed E-state index contributed by atoms with van der Waals surface area (Å²) in [6.45, 7) is 1.98. The lowest BCUT2D eigenvalue weighted by Crippen LogP contribution is -2.13. The van der Waals surface area contributed by atoms with E-state index in [2.05, 4.69) is 11.4 Å². The summed E-state index contributed by atoms with van der Waals surface area (Å²) in [6.07, 6.45) is 1.99. The second-order valence-electron chi connectivity index (χ2n) is 1.85. The third-order valence-electron chi connectivity index (χ3n) is 1.08. The average molecular weight is 172 g/mol. The Kier molecular flexibility index (Phi) is 3.25. The Hall–Kier alpha value is 0.01000. The van der Waals surface area contributed by atoms with Crippen LogP contribution < -0.4 is 5.73 Å². The summed E-state index contributed by atoms with van der Waals surface area (Å²) in [5.41, 5.74) is 5.68. The minimum absolute atomic E-state index is 0.138. The molecule has 2 N–H and O–H groups in total. The maximum atomic E-state index is 5.68. The van der Waals surface area contributed by atoms with Crippen LogP contribution in [0, 0.1) is 6.42 Å². The molecule has 1 unspecified atom stereocenters. The molecule has 0 aliphatic carbocycles. The zero-order chi connectivity index (χ0) is 7.40. The van der Waals surface area contributed by atoms with Crippen molar-refractivity contribution in [3.05, 3.63) is 23.9 Å². The van der Waals surface area contributed by atoms with Gasteiger partial charge in [0.2, 0.25) is 0 Å². The molecule has 3 heteroatoms. The molecule has 1 radical (unpaired) electrons. The molecule has 10 heavy (non-hydrogen) atoms. The minimum Gasteiger partial charge on any atom is -0.319 e. The molecule has 1 atom stereocenters. The predicted molar refractivity (Wildman–Crippen MR) is 48.1 cm³/mol. The van der Waals surface area contributed by atoms with Crippen LogP contribution in [-0.4, -0.2) is 5.37 Å². The van der Waals surface area contributed by atoms with Gasteiger partial charge < -0.3 is 5.73 Å². The molecular formula is C7H10NS2. The van der Waals surface area contributed by atoms with E-state index in [1.165, 1.54) is 4.21 Å². The van der Waals surface area contributed by atoms with Crippen molar-refractivity contribution in [2.45, 2.75) is 16.5 Å². The highest BCUT2D eigenvalue weighted by atomic mass is 32.2. The van der Waals surface area contributed by atoms with Crippen molar-refractivity contribution in [1.29, 1.82) is 0 Å². The van der Waals surface area contributed by atoms with Crippen LogP contribution in [0.4, 0.5) is 0 Å². The van der Waals surface area contributed by atoms with Crippen molar-refractivity contribution in [2.24, 2.45) is 5.73 Å². The summed E-state index contributed by atoms with van der Waals surface area (Å²) in [4.78, 5) is 0. The lowest BCUT2D eigenvalue weighted by molar-refractivity contribution is 1.06. The first-order valence-corrected chi connectivity index (χ1v) is 4.84. The van der Waals surface area contributed by atoms with Crippen molar-refractivity contribution in [2.75, 3.05) is 0 Å². The van der Waals surface area contributed by atoms with Gasteiger partial charge in [-0.15, -0.1) is 11.3 Å². The van der Waals surface area contributed by atoms with E-state index >= 15 is 0 Å². The largest absolute Gasteiger partial charge is 0.319 e. The number of hydrogen-bond acceptors (Lipinski definition) is 3. The van der Waals surface area contributed by atoms with E-state index in [4.69, 9.17) is 5.73 Å². The van der Waals surface area contributed by atoms with Gasteiger partial charge in [-0.1, -0.05) is 24.8 Å². The predicted octanol–water partition coefficient (Wildman–Crippen LogP) is 2.35. The Morgan fingerprint density at radius 3 is 3.10 bits per heavy atom. The Morgan fingerprint density at radius 1 is 1.80 bits per heavy atom. The summed E-state index contributed by atoms with van der Waals surface area (Å²) in [7, 11) is 0. The van der Waals surface area contributed by atoms with E-state index in [1.54, 1.807) is 23.1 Å². The van der Waals surface area contributed by atoms with E-state index in [0.29, 0.717) is 0 Å². The zero-order valence-corrected chi connectivity index (χ0v) is 7.41. The summed E-state index contributed by atoms with van der Waals surface area (Å²) in [6, 6.07) is 4.12. The third-order valence-corrected chi connectivity index (χ3v) is 3.23. The fraction of sp³-hybridized carbons (Fsp3) is 0.286. The van der Waals surface area contributed by atoms with Gasteiger partial charge in [-0.05, 0) is 17.9 Å². The van der Waals surface area contributed by atoms with Crippen LogP contribution in [0.15, 0.2) is 21.7 Å². The normalized spacial score (nSPS) is 13.4. The monoisotopic (exact) mass is 172 g/mol. The Labute approximate surface area is 69.6 Å². The molecule has 1 aromatic heterocycles. The van der Waals surface area contributed by atoms with Gasteiger partial charge >= 0.3 is 0 Å². The molecule has 0 aliphatic rings. The fourth-order valence-electron chi connectivity index (χ4n) is 0.533. The Morgan fingerprint density at radius 2 is 2.60 bits per heavy atom. The first-order valence-electron chi connectivity index (χ1n) is 3.08. The smallest absolute Gasteiger partial charge is 0.0613 e. The van der Waals surface area contributed by atoms with E-state index in [0.717, 1.165) is 0 Å². The summed E-state index contributed by atoms with van der Waals surface area (Å²) < 4.78 is 1.28. The zero-order valence-electron chi connectivity index (χ0n) is 5.78. The molecule has 1 nitrogen and oxygen atoms in total. The lowest BCUT2D eigenvalue weighted by atomic mass is 10.5. The van der Waals surface area contributed by atoms with Gasteiger partial charge in [-0.3, -0.25) is 0 Å². The summed E-state index contributed by atoms with van der Waals surface area (Å²) in [5, 5.41) is 2.20. The number of nitrogens with two attached hydrogens (primary N) is 1. The van der Waals surface area contributed by atoms with Gasteiger partial charge in [0.1, 0.15) is 0 Å². The minimum atomic E-state index is 0.138. The topological polar surface area (TPSA) is 26.0 Å². The lowest BCUT2D eigenvalue weighted by Gasteiger charge is -2.03. The average Bonchev–Trinajstić information content (AvgIpc) is 2.40. The molecule has 0 bridgehead atoms. The summed E-state index contributed by atoms with van der Waals surface area (Å²) >= 11 is 3.42. The SMILES string of the molecule is C[CH]C(N)Sc1cccs1. The van der Waals surface area contributed by atoms with Crippen molar-refractivity contribution in [3.63, 3.8) is 0 Å². The van der Waals surface area contributed by atoms with Crippen LogP contribution in [0.5, 0.6) is 0 Å². The molecular weight excluding hydrogens is 162 g/mol. The van der Waals surface area contributed by atoms with E-state index < -0.39 is 0 Å². The van der Waals surface area contributed by atoms with Gasteiger partial charge in [0.25, 0.3) is 0 Å². The molecule has 1 aromatic rings. The van der Waals surface area contributed by atoms with E-state index in [1.807, 2.05) is 19.4 Å².